The van der Waals surface area contributed by atoms with Crippen LogP contribution in [-0.4, -0.2) is 72.4 Å². The molecule has 1 saturated heterocycles. The summed E-state index contributed by atoms with van der Waals surface area (Å²) < 4.78 is 5.42. The van der Waals surface area contributed by atoms with Crippen LogP contribution in [0.15, 0.2) is 17.5 Å². The molecule has 2 fully saturated rings. The van der Waals surface area contributed by atoms with Crippen molar-refractivity contribution < 1.29 is 14.6 Å². The van der Waals surface area contributed by atoms with Crippen molar-refractivity contribution in [3.05, 3.63) is 22.4 Å². The minimum absolute atomic E-state index is 0.0672. The van der Waals surface area contributed by atoms with Gasteiger partial charge in [0.2, 0.25) is 5.91 Å². The average Bonchev–Trinajstić information content (AvgIpc) is 3.13. The van der Waals surface area contributed by atoms with Crippen LogP contribution in [0.3, 0.4) is 0 Å². The summed E-state index contributed by atoms with van der Waals surface area (Å²) in [5.74, 6) is 0.134. The number of aryl methyl sites for hydroxylation is 1. The highest BCUT2D eigenvalue weighted by atomic mass is 32.1. The van der Waals surface area contributed by atoms with Gasteiger partial charge in [-0.1, -0.05) is 6.07 Å². The predicted molar refractivity (Wildman–Crippen MR) is 95.2 cm³/mol. The van der Waals surface area contributed by atoms with Gasteiger partial charge in [-0.25, -0.2) is 0 Å². The van der Waals surface area contributed by atoms with E-state index in [1.807, 2.05) is 18.5 Å². The highest BCUT2D eigenvalue weighted by Gasteiger charge is 2.38. The molecule has 0 radical (unpaired) electrons. The highest BCUT2D eigenvalue weighted by molar-refractivity contribution is 7.09. The second-order valence-electron chi connectivity index (χ2n) is 6.79. The van der Waals surface area contributed by atoms with E-state index in [9.17, 15) is 9.90 Å². The fourth-order valence-electron chi connectivity index (χ4n) is 3.91. The van der Waals surface area contributed by atoms with Gasteiger partial charge in [-0.2, -0.15) is 0 Å². The summed E-state index contributed by atoms with van der Waals surface area (Å²) in [6.07, 6.45) is 3.80. The van der Waals surface area contributed by atoms with Crippen LogP contribution < -0.4 is 0 Å². The van der Waals surface area contributed by atoms with Gasteiger partial charge >= 0.3 is 0 Å². The van der Waals surface area contributed by atoms with Crippen LogP contribution >= 0.6 is 11.3 Å². The largest absolute Gasteiger partial charge is 0.389 e. The molecule has 0 aromatic carbocycles. The van der Waals surface area contributed by atoms with Crippen molar-refractivity contribution in [2.75, 3.05) is 33.4 Å². The van der Waals surface area contributed by atoms with Crippen LogP contribution in [0.2, 0.25) is 0 Å². The van der Waals surface area contributed by atoms with E-state index in [0.29, 0.717) is 6.42 Å². The van der Waals surface area contributed by atoms with Crippen molar-refractivity contribution in [3.8, 4) is 0 Å². The number of rotatable bonds is 5. The number of aliphatic hydroxyl groups is 1. The summed E-state index contributed by atoms with van der Waals surface area (Å²) in [5, 5.41) is 12.9. The molecule has 1 amide bonds. The third-order valence-electron chi connectivity index (χ3n) is 5.36. The van der Waals surface area contributed by atoms with Gasteiger partial charge in [0.05, 0.1) is 25.4 Å². The van der Waals surface area contributed by atoms with Crippen molar-refractivity contribution in [2.45, 2.75) is 50.3 Å². The Labute approximate surface area is 148 Å². The molecule has 1 aliphatic carbocycles. The number of hydrogen-bond donors (Lipinski definition) is 1. The first kappa shape index (κ1) is 17.9. The molecule has 6 heteroatoms. The average molecular weight is 353 g/mol. The molecule has 1 aromatic heterocycles. The molecule has 1 saturated carbocycles. The number of carbonyl (C=O) groups excluding carboxylic acids is 1. The molecule has 3 atom stereocenters. The SMILES string of the molecule is CN(C(=O)CCc1cccs1)[C@@H]1CCC[C@@H](N2CCOCC2)[C@@H]1O. The fourth-order valence-corrected chi connectivity index (χ4v) is 4.62. The molecule has 5 nitrogen and oxygen atoms in total. The number of aliphatic hydroxyl groups excluding tert-OH is 1. The van der Waals surface area contributed by atoms with E-state index in [4.69, 9.17) is 4.74 Å². The summed E-state index contributed by atoms with van der Waals surface area (Å²) in [7, 11) is 1.85. The Morgan fingerprint density at radius 1 is 1.42 bits per heavy atom. The number of hydrogen-bond acceptors (Lipinski definition) is 5. The van der Waals surface area contributed by atoms with Gasteiger partial charge in [0.15, 0.2) is 0 Å². The number of nitrogens with zero attached hydrogens (tertiary/aromatic N) is 2. The van der Waals surface area contributed by atoms with Gasteiger partial charge in [-0.15, -0.1) is 11.3 Å². The van der Waals surface area contributed by atoms with Gasteiger partial charge in [0.25, 0.3) is 0 Å². The third-order valence-corrected chi connectivity index (χ3v) is 6.30. The van der Waals surface area contributed by atoms with Crippen molar-refractivity contribution in [3.63, 3.8) is 0 Å². The maximum atomic E-state index is 12.6. The second kappa shape index (κ2) is 8.43. The smallest absolute Gasteiger partial charge is 0.223 e. The minimum Gasteiger partial charge on any atom is -0.389 e. The zero-order valence-corrected chi connectivity index (χ0v) is 15.2. The van der Waals surface area contributed by atoms with Crippen LogP contribution in [0.25, 0.3) is 0 Å². The number of morpholine rings is 1. The minimum atomic E-state index is -0.465. The predicted octanol–water partition coefficient (Wildman–Crippen LogP) is 1.75. The lowest BCUT2D eigenvalue weighted by atomic mass is 9.86. The Hall–Kier alpha value is -0.950. The lowest BCUT2D eigenvalue weighted by molar-refractivity contribution is -0.138. The first-order valence-electron chi connectivity index (χ1n) is 8.94. The molecule has 24 heavy (non-hydrogen) atoms. The number of carbonyl (C=O) groups is 1. The topological polar surface area (TPSA) is 53.0 Å². The Morgan fingerprint density at radius 2 is 2.21 bits per heavy atom. The molecule has 1 N–H and O–H groups in total. The van der Waals surface area contributed by atoms with Crippen molar-refractivity contribution >= 4 is 17.2 Å². The van der Waals surface area contributed by atoms with E-state index in [0.717, 1.165) is 52.0 Å². The lowest BCUT2D eigenvalue weighted by Crippen LogP contribution is -2.58. The molecule has 0 spiro atoms. The number of likely N-dealkylation sites (N-methyl/N-ethyl adjacent to an activating group) is 1. The molecule has 1 aliphatic heterocycles. The normalized spacial score (nSPS) is 28.7. The van der Waals surface area contributed by atoms with E-state index in [2.05, 4.69) is 11.0 Å². The van der Waals surface area contributed by atoms with Gasteiger partial charge in [0.1, 0.15) is 0 Å². The molecule has 2 aliphatic rings. The summed E-state index contributed by atoms with van der Waals surface area (Å²) in [5.41, 5.74) is 0. The van der Waals surface area contributed by atoms with E-state index in [1.165, 1.54) is 4.88 Å². The van der Waals surface area contributed by atoms with Crippen molar-refractivity contribution in [2.24, 2.45) is 0 Å². The monoisotopic (exact) mass is 352 g/mol. The maximum absolute atomic E-state index is 12.6. The highest BCUT2D eigenvalue weighted by Crippen LogP contribution is 2.28. The zero-order valence-electron chi connectivity index (χ0n) is 14.4. The van der Waals surface area contributed by atoms with Gasteiger partial charge in [-0.05, 0) is 37.1 Å². The van der Waals surface area contributed by atoms with Crippen molar-refractivity contribution in [1.29, 1.82) is 0 Å². The Balaban J connectivity index is 1.56. The van der Waals surface area contributed by atoms with Gasteiger partial charge < -0.3 is 14.7 Å². The molecule has 0 bridgehead atoms. The van der Waals surface area contributed by atoms with Crippen molar-refractivity contribution in [1.82, 2.24) is 9.80 Å². The molecule has 2 heterocycles. The summed E-state index contributed by atoms with van der Waals surface area (Å²) in [6.45, 7) is 3.24. The first-order valence-corrected chi connectivity index (χ1v) is 9.82. The number of ether oxygens (including phenoxy) is 1. The van der Waals surface area contributed by atoms with Crippen LogP contribution in [0.4, 0.5) is 0 Å². The van der Waals surface area contributed by atoms with Crippen LogP contribution in [0.1, 0.15) is 30.6 Å². The van der Waals surface area contributed by atoms with E-state index >= 15 is 0 Å². The quantitative estimate of drug-likeness (QED) is 0.877. The number of thiophene rings is 1. The van der Waals surface area contributed by atoms with Crippen LogP contribution in [0.5, 0.6) is 0 Å². The molecule has 134 valence electrons. The summed E-state index contributed by atoms with van der Waals surface area (Å²) in [6, 6.07) is 4.18. The lowest BCUT2D eigenvalue weighted by Gasteiger charge is -2.45. The summed E-state index contributed by atoms with van der Waals surface area (Å²) in [4.78, 5) is 17.9. The molecule has 1 aromatic rings. The molecule has 0 unspecified atom stereocenters. The molecule has 3 rings (SSSR count). The molecular weight excluding hydrogens is 324 g/mol. The molecular formula is C18H28N2O3S. The Kier molecular flexibility index (Phi) is 6.27. The Bertz CT molecular complexity index is 516. The fraction of sp³-hybridized carbons (Fsp3) is 0.722. The Morgan fingerprint density at radius 3 is 2.92 bits per heavy atom. The third kappa shape index (κ3) is 4.17. The van der Waals surface area contributed by atoms with E-state index in [1.54, 1.807) is 16.2 Å². The number of amides is 1. The van der Waals surface area contributed by atoms with Crippen LogP contribution in [0, 0.1) is 0 Å². The van der Waals surface area contributed by atoms with Gasteiger partial charge in [0, 0.05) is 37.5 Å². The maximum Gasteiger partial charge on any atom is 0.223 e. The van der Waals surface area contributed by atoms with Gasteiger partial charge in [-0.3, -0.25) is 9.69 Å². The zero-order chi connectivity index (χ0) is 16.9. The first-order chi connectivity index (χ1) is 11.7. The van der Waals surface area contributed by atoms with E-state index in [-0.39, 0.29) is 18.0 Å². The van der Waals surface area contributed by atoms with E-state index < -0.39 is 6.10 Å². The summed E-state index contributed by atoms with van der Waals surface area (Å²) >= 11 is 1.69. The second-order valence-corrected chi connectivity index (χ2v) is 7.82. The van der Waals surface area contributed by atoms with Crippen LogP contribution in [-0.2, 0) is 16.0 Å². The standard InChI is InChI=1S/C18H28N2O3S/c1-19(17(21)8-7-14-4-3-13-24-14)15-5-2-6-16(18(15)22)20-9-11-23-12-10-20/h3-4,13,15-16,18,22H,2,5-12H2,1H3/t15-,16-,18-/m1/s1.